The van der Waals surface area contributed by atoms with Crippen LogP contribution in [0.2, 0.25) is 18.1 Å². The largest absolute Gasteiger partial charge is 0.413 e. The fraction of sp³-hybridized carbons (Fsp3) is 0.389. The summed E-state index contributed by atoms with van der Waals surface area (Å²) in [7, 11) is -1.71. The Kier molecular flexibility index (Phi) is 5.11. The number of nitrogen functional groups attached to an aromatic ring is 1. The highest BCUT2D eigenvalue weighted by Crippen LogP contribution is 2.37. The number of pyridine rings is 1. The number of nitrogens with zero attached hydrogens (tertiary/aromatic N) is 1. The third kappa shape index (κ3) is 4.56. The maximum atomic E-state index is 6.24. The van der Waals surface area contributed by atoms with Crippen molar-refractivity contribution in [2.45, 2.75) is 45.5 Å². The second-order valence-corrected chi connectivity index (χ2v) is 12.1. The first-order valence-corrected chi connectivity index (χ1v) is 10.8. The molecule has 0 saturated heterocycles. The van der Waals surface area contributed by atoms with E-state index in [-0.39, 0.29) is 5.04 Å². The van der Waals surface area contributed by atoms with Crippen molar-refractivity contribution < 1.29 is 4.43 Å². The van der Waals surface area contributed by atoms with Gasteiger partial charge in [0, 0.05) is 11.9 Å². The van der Waals surface area contributed by atoms with Crippen molar-refractivity contribution in [1.82, 2.24) is 4.98 Å². The van der Waals surface area contributed by atoms with Crippen LogP contribution < -0.4 is 11.1 Å². The van der Waals surface area contributed by atoms with Crippen LogP contribution in [0.4, 0.5) is 17.2 Å². The Balaban J connectivity index is 1.99. The molecule has 2 rings (SSSR count). The molecule has 0 unspecified atom stereocenters. The molecule has 124 valence electrons. The van der Waals surface area contributed by atoms with Gasteiger partial charge in [-0.1, -0.05) is 32.9 Å². The van der Waals surface area contributed by atoms with E-state index in [0.29, 0.717) is 18.1 Å². The average molecular weight is 330 g/mol. The summed E-state index contributed by atoms with van der Waals surface area (Å²) in [5, 5.41) is 3.45. The van der Waals surface area contributed by atoms with Gasteiger partial charge >= 0.3 is 0 Å². The van der Waals surface area contributed by atoms with Crippen molar-refractivity contribution in [3.63, 3.8) is 0 Å². The highest BCUT2D eigenvalue weighted by atomic mass is 28.4. The summed E-state index contributed by atoms with van der Waals surface area (Å²) >= 11 is 0. The van der Waals surface area contributed by atoms with E-state index in [4.69, 9.17) is 10.2 Å². The highest BCUT2D eigenvalue weighted by molar-refractivity contribution is 6.74. The van der Waals surface area contributed by atoms with Gasteiger partial charge in [-0.3, -0.25) is 0 Å². The lowest BCUT2D eigenvalue weighted by molar-refractivity contribution is 0.276. The van der Waals surface area contributed by atoms with Crippen molar-refractivity contribution in [2.75, 3.05) is 11.1 Å². The molecule has 0 fully saturated rings. The molecular formula is C18H27N3OSi. The van der Waals surface area contributed by atoms with Crippen LogP contribution in [0, 0.1) is 0 Å². The average Bonchev–Trinajstić information content (AvgIpc) is 2.48. The van der Waals surface area contributed by atoms with E-state index in [0.717, 1.165) is 5.69 Å². The molecule has 3 N–H and O–H groups in total. The topological polar surface area (TPSA) is 60.2 Å². The molecule has 0 atom stereocenters. The number of anilines is 3. The van der Waals surface area contributed by atoms with Crippen molar-refractivity contribution >= 4 is 25.5 Å². The maximum absolute atomic E-state index is 6.24. The number of rotatable bonds is 5. The third-order valence-electron chi connectivity index (χ3n) is 4.46. The van der Waals surface area contributed by atoms with Crippen molar-refractivity contribution in [3.05, 3.63) is 48.2 Å². The smallest absolute Gasteiger partial charge is 0.192 e. The molecule has 0 amide bonds. The van der Waals surface area contributed by atoms with E-state index in [1.165, 1.54) is 5.56 Å². The van der Waals surface area contributed by atoms with Crippen LogP contribution in [0.15, 0.2) is 42.6 Å². The summed E-state index contributed by atoms with van der Waals surface area (Å²) < 4.78 is 6.24. The lowest BCUT2D eigenvalue weighted by Crippen LogP contribution is -2.40. The van der Waals surface area contributed by atoms with Gasteiger partial charge in [0.1, 0.15) is 0 Å². The fourth-order valence-corrected chi connectivity index (χ4v) is 2.78. The molecule has 23 heavy (non-hydrogen) atoms. The van der Waals surface area contributed by atoms with Gasteiger partial charge in [-0.05, 0) is 48.0 Å². The molecule has 4 nitrogen and oxygen atoms in total. The molecule has 0 aliphatic rings. The van der Waals surface area contributed by atoms with Gasteiger partial charge in [0.05, 0.1) is 12.3 Å². The lowest BCUT2D eigenvalue weighted by atomic mass is 10.2. The maximum Gasteiger partial charge on any atom is 0.192 e. The second-order valence-electron chi connectivity index (χ2n) is 7.31. The van der Waals surface area contributed by atoms with Crippen molar-refractivity contribution in [1.29, 1.82) is 0 Å². The van der Waals surface area contributed by atoms with E-state index >= 15 is 0 Å². The molecule has 5 heteroatoms. The Morgan fingerprint density at radius 3 is 2.35 bits per heavy atom. The summed E-state index contributed by atoms with van der Waals surface area (Å²) in [6, 6.07) is 11.9. The van der Waals surface area contributed by atoms with Crippen LogP contribution in [0.25, 0.3) is 0 Å². The molecule has 0 aliphatic heterocycles. The number of hydrogen-bond acceptors (Lipinski definition) is 4. The molecule has 1 aromatic heterocycles. The zero-order chi connectivity index (χ0) is 17.1. The Labute approximate surface area is 140 Å². The Bertz CT molecular complexity index is 648. The van der Waals surface area contributed by atoms with Gasteiger partial charge < -0.3 is 15.5 Å². The van der Waals surface area contributed by atoms with E-state index in [9.17, 15) is 0 Å². The van der Waals surface area contributed by atoms with Gasteiger partial charge in [-0.25, -0.2) is 4.98 Å². The van der Waals surface area contributed by atoms with Crippen LogP contribution >= 0.6 is 0 Å². The molecular weight excluding hydrogens is 302 g/mol. The Morgan fingerprint density at radius 1 is 1.13 bits per heavy atom. The van der Waals surface area contributed by atoms with Crippen molar-refractivity contribution in [3.8, 4) is 0 Å². The first-order valence-electron chi connectivity index (χ1n) is 7.89. The standard InChI is InChI=1S/C18H27N3OSi/c1-18(2,3)23(4,5)22-13-14-8-10-15(11-9-14)21-17-16(19)7-6-12-20-17/h6-12H,13,19H2,1-5H3,(H,20,21). The van der Waals surface area contributed by atoms with Crippen LogP contribution in [-0.2, 0) is 11.0 Å². The molecule has 1 heterocycles. The van der Waals surface area contributed by atoms with Gasteiger partial charge in [0.15, 0.2) is 14.1 Å². The number of nitrogens with two attached hydrogens (primary N) is 1. The van der Waals surface area contributed by atoms with Gasteiger partial charge in [-0.2, -0.15) is 0 Å². The molecule has 0 aliphatic carbocycles. The molecule has 0 bridgehead atoms. The molecule has 1 aromatic carbocycles. The monoisotopic (exact) mass is 329 g/mol. The van der Waals surface area contributed by atoms with Crippen LogP contribution in [0.1, 0.15) is 26.3 Å². The predicted molar refractivity (Wildman–Crippen MR) is 100 cm³/mol. The summed E-state index contributed by atoms with van der Waals surface area (Å²) in [4.78, 5) is 4.24. The summed E-state index contributed by atoms with van der Waals surface area (Å²) in [6.07, 6.45) is 1.72. The zero-order valence-corrected chi connectivity index (χ0v) is 15.7. The number of benzene rings is 1. The predicted octanol–water partition coefficient (Wildman–Crippen LogP) is 4.93. The number of nitrogens with one attached hydrogen (secondary N) is 1. The molecule has 0 radical (unpaired) electrons. The minimum atomic E-state index is -1.71. The molecule has 0 spiro atoms. The van der Waals surface area contributed by atoms with Gasteiger partial charge in [0.25, 0.3) is 0 Å². The van der Waals surface area contributed by atoms with E-state index in [1.807, 2.05) is 24.3 Å². The van der Waals surface area contributed by atoms with Gasteiger partial charge in [0.2, 0.25) is 0 Å². The zero-order valence-electron chi connectivity index (χ0n) is 14.7. The Hall–Kier alpha value is -1.85. The SMILES string of the molecule is CC(C)(C)[Si](C)(C)OCc1ccc(Nc2ncccc2N)cc1. The van der Waals surface area contributed by atoms with Crippen LogP contribution in [-0.4, -0.2) is 13.3 Å². The van der Waals surface area contributed by atoms with E-state index in [2.05, 4.69) is 56.3 Å². The third-order valence-corrected chi connectivity index (χ3v) is 8.94. The molecule has 0 saturated carbocycles. The lowest BCUT2D eigenvalue weighted by Gasteiger charge is -2.36. The summed E-state index contributed by atoms with van der Waals surface area (Å²) in [6.45, 7) is 12.0. The first-order chi connectivity index (χ1) is 10.7. The van der Waals surface area contributed by atoms with Crippen molar-refractivity contribution in [2.24, 2.45) is 0 Å². The number of aromatic nitrogens is 1. The number of hydrogen-bond donors (Lipinski definition) is 2. The Morgan fingerprint density at radius 2 is 1.78 bits per heavy atom. The van der Waals surface area contributed by atoms with Gasteiger partial charge in [-0.15, -0.1) is 0 Å². The summed E-state index contributed by atoms with van der Waals surface area (Å²) in [5.41, 5.74) is 8.67. The van der Waals surface area contributed by atoms with E-state index in [1.54, 1.807) is 6.20 Å². The van der Waals surface area contributed by atoms with Crippen LogP contribution in [0.5, 0.6) is 0 Å². The van der Waals surface area contributed by atoms with Crippen LogP contribution in [0.3, 0.4) is 0 Å². The second kappa shape index (κ2) is 6.72. The van der Waals surface area contributed by atoms with E-state index < -0.39 is 8.32 Å². The minimum absolute atomic E-state index is 0.227. The quantitative estimate of drug-likeness (QED) is 0.764. The normalized spacial score (nSPS) is 12.2. The fourth-order valence-electron chi connectivity index (χ4n) is 1.82. The molecule has 2 aromatic rings. The first kappa shape index (κ1) is 17.5. The minimum Gasteiger partial charge on any atom is -0.413 e. The summed E-state index contributed by atoms with van der Waals surface area (Å²) in [5.74, 6) is 0.678. The highest BCUT2D eigenvalue weighted by Gasteiger charge is 2.36.